The number of nitro groups is 1. The van der Waals surface area contributed by atoms with Crippen LogP contribution in [0.1, 0.15) is 27.7 Å². The zero-order chi connectivity index (χ0) is 14.6. The third-order valence-corrected chi connectivity index (χ3v) is 3.45. The van der Waals surface area contributed by atoms with Crippen LogP contribution in [0.3, 0.4) is 0 Å². The molecule has 1 heterocycles. The second kappa shape index (κ2) is 6.65. The van der Waals surface area contributed by atoms with Crippen molar-refractivity contribution in [2.75, 3.05) is 11.9 Å². The van der Waals surface area contributed by atoms with Crippen LogP contribution >= 0.6 is 11.6 Å². The van der Waals surface area contributed by atoms with Gasteiger partial charge >= 0.3 is 5.69 Å². The predicted octanol–water partition coefficient (Wildman–Crippen LogP) is 3.38. The standard InChI is InChI=1S/C12H19ClN4O2/c1-7(2)9(8(3)4)5-14-12-10(17(18)19)11(13)15-6-16-12/h6-9H,5H2,1-4H3,(H,14,15,16). The van der Waals surface area contributed by atoms with Crippen LogP contribution in [-0.4, -0.2) is 21.4 Å². The van der Waals surface area contributed by atoms with Crippen LogP contribution in [0.2, 0.25) is 5.15 Å². The molecule has 106 valence electrons. The lowest BCUT2D eigenvalue weighted by Crippen LogP contribution is -2.25. The van der Waals surface area contributed by atoms with Gasteiger partial charge in [-0.25, -0.2) is 9.97 Å². The van der Waals surface area contributed by atoms with E-state index in [4.69, 9.17) is 11.6 Å². The maximum Gasteiger partial charge on any atom is 0.348 e. The monoisotopic (exact) mass is 286 g/mol. The number of halogens is 1. The number of rotatable bonds is 6. The van der Waals surface area contributed by atoms with Crippen molar-refractivity contribution in [2.45, 2.75) is 27.7 Å². The van der Waals surface area contributed by atoms with Crippen molar-refractivity contribution < 1.29 is 4.92 Å². The number of hydrogen-bond donors (Lipinski definition) is 1. The summed E-state index contributed by atoms with van der Waals surface area (Å²) in [5, 5.41) is 13.8. The summed E-state index contributed by atoms with van der Waals surface area (Å²) in [6.45, 7) is 9.15. The van der Waals surface area contributed by atoms with Crippen LogP contribution < -0.4 is 5.32 Å². The van der Waals surface area contributed by atoms with Gasteiger partial charge < -0.3 is 5.32 Å². The van der Waals surface area contributed by atoms with Crippen LogP contribution in [-0.2, 0) is 0 Å². The average molecular weight is 287 g/mol. The highest BCUT2D eigenvalue weighted by Crippen LogP contribution is 2.29. The summed E-state index contributed by atoms with van der Waals surface area (Å²) in [5.74, 6) is 1.53. The first-order valence-electron chi connectivity index (χ1n) is 6.23. The zero-order valence-corrected chi connectivity index (χ0v) is 12.3. The molecule has 0 radical (unpaired) electrons. The second-order valence-corrected chi connectivity index (χ2v) is 5.51. The SMILES string of the molecule is CC(C)C(CNc1ncnc(Cl)c1[N+](=O)[O-])C(C)C. The summed E-state index contributed by atoms with van der Waals surface area (Å²) in [6.07, 6.45) is 1.22. The summed E-state index contributed by atoms with van der Waals surface area (Å²) in [4.78, 5) is 17.9. The Balaban J connectivity index is 2.88. The fourth-order valence-corrected chi connectivity index (χ4v) is 2.31. The Morgan fingerprint density at radius 1 is 1.32 bits per heavy atom. The van der Waals surface area contributed by atoms with E-state index in [1.165, 1.54) is 6.33 Å². The minimum absolute atomic E-state index is 0.145. The van der Waals surface area contributed by atoms with Crippen molar-refractivity contribution in [3.8, 4) is 0 Å². The van der Waals surface area contributed by atoms with Gasteiger partial charge in [0.1, 0.15) is 6.33 Å². The van der Waals surface area contributed by atoms with E-state index < -0.39 is 4.92 Å². The molecule has 0 saturated carbocycles. The molecule has 0 aliphatic rings. The van der Waals surface area contributed by atoms with E-state index in [0.717, 1.165) is 0 Å². The number of nitrogens with zero attached hydrogens (tertiary/aromatic N) is 3. The first-order valence-corrected chi connectivity index (χ1v) is 6.61. The molecule has 0 bridgehead atoms. The van der Waals surface area contributed by atoms with Crippen molar-refractivity contribution in [3.05, 3.63) is 21.6 Å². The van der Waals surface area contributed by atoms with Gasteiger partial charge in [0, 0.05) is 6.54 Å². The van der Waals surface area contributed by atoms with Gasteiger partial charge in [-0.15, -0.1) is 0 Å². The topological polar surface area (TPSA) is 81.0 Å². The van der Waals surface area contributed by atoms with E-state index >= 15 is 0 Å². The van der Waals surface area contributed by atoms with Crippen LogP contribution in [0.4, 0.5) is 11.5 Å². The molecular formula is C12H19ClN4O2. The highest BCUT2D eigenvalue weighted by Gasteiger charge is 2.23. The van der Waals surface area contributed by atoms with Gasteiger partial charge in [-0.3, -0.25) is 10.1 Å². The summed E-state index contributed by atoms with van der Waals surface area (Å²) in [6, 6.07) is 0. The molecule has 0 unspecified atom stereocenters. The van der Waals surface area contributed by atoms with E-state index in [0.29, 0.717) is 24.3 Å². The molecule has 0 aliphatic heterocycles. The molecule has 0 spiro atoms. The third kappa shape index (κ3) is 4.02. The molecule has 0 amide bonds. The van der Waals surface area contributed by atoms with Gasteiger partial charge in [-0.2, -0.15) is 0 Å². The number of aromatic nitrogens is 2. The minimum atomic E-state index is -0.565. The van der Waals surface area contributed by atoms with Crippen molar-refractivity contribution in [1.29, 1.82) is 0 Å². The highest BCUT2D eigenvalue weighted by molar-refractivity contribution is 6.31. The lowest BCUT2D eigenvalue weighted by atomic mass is 9.85. The largest absolute Gasteiger partial charge is 0.364 e. The Morgan fingerprint density at radius 2 is 1.89 bits per heavy atom. The molecule has 7 heteroatoms. The van der Waals surface area contributed by atoms with Crippen molar-refractivity contribution in [1.82, 2.24) is 9.97 Å². The maximum atomic E-state index is 11.0. The smallest absolute Gasteiger partial charge is 0.348 e. The molecule has 1 rings (SSSR count). The lowest BCUT2D eigenvalue weighted by molar-refractivity contribution is -0.384. The van der Waals surface area contributed by atoms with Gasteiger partial charge in [0.05, 0.1) is 4.92 Å². The van der Waals surface area contributed by atoms with Crippen LogP contribution in [0.25, 0.3) is 0 Å². The predicted molar refractivity (Wildman–Crippen MR) is 75.4 cm³/mol. The van der Waals surface area contributed by atoms with Gasteiger partial charge in [0.2, 0.25) is 11.0 Å². The van der Waals surface area contributed by atoms with Crippen molar-refractivity contribution >= 4 is 23.1 Å². The second-order valence-electron chi connectivity index (χ2n) is 5.15. The van der Waals surface area contributed by atoms with Crippen molar-refractivity contribution in [3.63, 3.8) is 0 Å². The van der Waals surface area contributed by atoms with Gasteiger partial charge in [-0.05, 0) is 17.8 Å². The number of nitrogens with one attached hydrogen (secondary N) is 1. The highest BCUT2D eigenvalue weighted by atomic mass is 35.5. The first-order chi connectivity index (χ1) is 8.84. The minimum Gasteiger partial charge on any atom is -0.364 e. The summed E-state index contributed by atoms with van der Waals surface area (Å²) >= 11 is 5.73. The molecule has 0 saturated heterocycles. The van der Waals surface area contributed by atoms with E-state index in [2.05, 4.69) is 43.0 Å². The number of anilines is 1. The van der Waals surface area contributed by atoms with E-state index in [1.54, 1.807) is 0 Å². The fraction of sp³-hybridized carbons (Fsp3) is 0.667. The van der Waals surface area contributed by atoms with E-state index in [-0.39, 0.29) is 16.7 Å². The van der Waals surface area contributed by atoms with Gasteiger partial charge in [-0.1, -0.05) is 39.3 Å². The van der Waals surface area contributed by atoms with Crippen LogP contribution in [0, 0.1) is 27.9 Å². The summed E-state index contributed by atoms with van der Waals surface area (Å²) in [7, 11) is 0. The van der Waals surface area contributed by atoms with E-state index in [9.17, 15) is 10.1 Å². The molecule has 1 N–H and O–H groups in total. The Labute approximate surface area is 117 Å². The lowest BCUT2D eigenvalue weighted by Gasteiger charge is -2.25. The molecule has 1 aromatic heterocycles. The third-order valence-electron chi connectivity index (χ3n) is 3.18. The quantitative estimate of drug-likeness (QED) is 0.492. The molecule has 19 heavy (non-hydrogen) atoms. The molecule has 1 aromatic rings. The Kier molecular flexibility index (Phi) is 5.47. The van der Waals surface area contributed by atoms with Crippen LogP contribution in [0.5, 0.6) is 0 Å². The zero-order valence-electron chi connectivity index (χ0n) is 11.6. The molecular weight excluding hydrogens is 268 g/mol. The molecule has 0 aromatic carbocycles. The fourth-order valence-electron chi connectivity index (χ4n) is 2.10. The van der Waals surface area contributed by atoms with Gasteiger partial charge in [0.15, 0.2) is 0 Å². The molecule has 0 atom stereocenters. The Morgan fingerprint density at radius 3 is 2.37 bits per heavy atom. The molecule has 0 aliphatic carbocycles. The van der Waals surface area contributed by atoms with E-state index in [1.807, 2.05) is 0 Å². The maximum absolute atomic E-state index is 11.0. The number of hydrogen-bond acceptors (Lipinski definition) is 5. The summed E-state index contributed by atoms with van der Waals surface area (Å²) in [5.41, 5.74) is -0.268. The average Bonchev–Trinajstić information content (AvgIpc) is 2.27. The van der Waals surface area contributed by atoms with Gasteiger partial charge in [0.25, 0.3) is 0 Å². The molecule has 6 nitrogen and oxygen atoms in total. The Bertz CT molecular complexity index is 443. The summed E-state index contributed by atoms with van der Waals surface area (Å²) < 4.78 is 0. The van der Waals surface area contributed by atoms with Crippen molar-refractivity contribution in [2.24, 2.45) is 17.8 Å². The molecule has 0 fully saturated rings. The normalized spacial score (nSPS) is 11.4. The first kappa shape index (κ1) is 15.6. The Hall–Kier alpha value is -1.43. The van der Waals surface area contributed by atoms with Crippen LogP contribution in [0.15, 0.2) is 6.33 Å².